The van der Waals surface area contributed by atoms with Gasteiger partial charge < -0.3 is 25.0 Å². The molecule has 2 amide bonds. The third-order valence-corrected chi connectivity index (χ3v) is 4.49. The fraction of sp³-hybridized carbons (Fsp3) is 0.227. The van der Waals surface area contributed by atoms with Crippen LogP contribution in [0.4, 0.5) is 4.79 Å². The number of primary amides is 1. The Morgan fingerprint density at radius 1 is 1.10 bits per heavy atom. The van der Waals surface area contributed by atoms with Gasteiger partial charge in [-0.05, 0) is 43.7 Å². The minimum Gasteiger partial charge on any atom is -0.461 e. The summed E-state index contributed by atoms with van der Waals surface area (Å²) in [4.78, 5) is 23.9. The van der Waals surface area contributed by atoms with Crippen molar-refractivity contribution in [1.29, 1.82) is 0 Å². The van der Waals surface area contributed by atoms with Crippen LogP contribution in [-0.4, -0.2) is 17.2 Å². The second-order valence-corrected chi connectivity index (χ2v) is 6.72. The molecule has 0 saturated heterocycles. The first-order chi connectivity index (χ1) is 14.4. The largest absolute Gasteiger partial charge is 0.461 e. The molecule has 2 aromatic carbocycles. The summed E-state index contributed by atoms with van der Waals surface area (Å²) in [7, 11) is 0. The molecule has 3 aromatic rings. The minimum atomic E-state index is -0.743. The van der Waals surface area contributed by atoms with Crippen molar-refractivity contribution in [1.82, 2.24) is 10.5 Å². The Morgan fingerprint density at radius 3 is 2.50 bits per heavy atom. The molecule has 1 aromatic heterocycles. The maximum absolute atomic E-state index is 12.4. The summed E-state index contributed by atoms with van der Waals surface area (Å²) in [6.45, 7) is 3.56. The highest BCUT2D eigenvalue weighted by molar-refractivity contribution is 5.75. The minimum absolute atomic E-state index is 0.0421. The van der Waals surface area contributed by atoms with Crippen LogP contribution in [0.5, 0.6) is 11.5 Å². The van der Waals surface area contributed by atoms with Crippen LogP contribution in [0.2, 0.25) is 0 Å². The van der Waals surface area contributed by atoms with Crippen LogP contribution in [0.1, 0.15) is 35.0 Å². The molecule has 0 radical (unpaired) electrons. The Kier molecular flexibility index (Phi) is 6.69. The molecule has 30 heavy (non-hydrogen) atoms. The van der Waals surface area contributed by atoms with E-state index in [2.05, 4.69) is 10.5 Å². The first kappa shape index (κ1) is 20.9. The van der Waals surface area contributed by atoms with Crippen LogP contribution in [0.3, 0.4) is 0 Å². The van der Waals surface area contributed by atoms with Gasteiger partial charge in [-0.2, -0.15) is 0 Å². The molecular weight excluding hydrogens is 386 g/mol. The lowest BCUT2D eigenvalue weighted by molar-refractivity contribution is -0.145. The first-order valence-corrected chi connectivity index (χ1v) is 9.38. The van der Waals surface area contributed by atoms with E-state index in [-0.39, 0.29) is 13.0 Å². The molecule has 8 nitrogen and oxygen atoms in total. The van der Waals surface area contributed by atoms with Gasteiger partial charge in [0.15, 0.2) is 0 Å². The number of nitrogens with two attached hydrogens (primary N) is 1. The summed E-state index contributed by atoms with van der Waals surface area (Å²) in [6.07, 6.45) is -0.0961. The number of urea groups is 1. The molecule has 0 aliphatic heterocycles. The van der Waals surface area contributed by atoms with Crippen molar-refractivity contribution >= 4 is 12.0 Å². The first-order valence-electron chi connectivity index (χ1n) is 9.38. The monoisotopic (exact) mass is 409 g/mol. The van der Waals surface area contributed by atoms with Gasteiger partial charge in [-0.25, -0.2) is 4.79 Å². The predicted molar refractivity (Wildman–Crippen MR) is 109 cm³/mol. The van der Waals surface area contributed by atoms with Crippen molar-refractivity contribution in [2.45, 2.75) is 32.9 Å². The lowest BCUT2D eigenvalue weighted by atomic mass is 10.0. The van der Waals surface area contributed by atoms with Gasteiger partial charge in [-0.15, -0.1) is 0 Å². The van der Waals surface area contributed by atoms with E-state index < -0.39 is 18.0 Å². The number of nitrogens with one attached hydrogen (secondary N) is 1. The molecule has 0 fully saturated rings. The molecule has 156 valence electrons. The Morgan fingerprint density at radius 2 is 1.83 bits per heavy atom. The summed E-state index contributed by atoms with van der Waals surface area (Å²) >= 11 is 0. The molecule has 0 spiro atoms. The van der Waals surface area contributed by atoms with Crippen molar-refractivity contribution in [2.24, 2.45) is 5.73 Å². The number of aromatic nitrogens is 1. The number of hydrogen-bond donors (Lipinski definition) is 2. The topological polar surface area (TPSA) is 117 Å². The quantitative estimate of drug-likeness (QED) is 0.545. The molecule has 8 heteroatoms. The number of aryl methyl sites for hydroxylation is 2. The van der Waals surface area contributed by atoms with Crippen LogP contribution >= 0.6 is 0 Å². The van der Waals surface area contributed by atoms with Crippen LogP contribution in [0.25, 0.3) is 0 Å². The lowest BCUT2D eigenvalue weighted by Gasteiger charge is -2.18. The van der Waals surface area contributed by atoms with Crippen molar-refractivity contribution in [3.8, 4) is 11.5 Å². The number of carbonyl (C=O) groups is 2. The van der Waals surface area contributed by atoms with Gasteiger partial charge in [-0.3, -0.25) is 4.79 Å². The summed E-state index contributed by atoms with van der Waals surface area (Å²) in [5, 5.41) is 6.42. The highest BCUT2D eigenvalue weighted by Crippen LogP contribution is 2.26. The molecule has 0 aliphatic rings. The molecule has 0 saturated carbocycles. The second kappa shape index (κ2) is 9.60. The van der Waals surface area contributed by atoms with Crippen molar-refractivity contribution in [2.75, 3.05) is 0 Å². The maximum Gasteiger partial charge on any atom is 0.312 e. The fourth-order valence-corrected chi connectivity index (χ4v) is 2.93. The predicted octanol–water partition coefficient (Wildman–Crippen LogP) is 3.93. The van der Waals surface area contributed by atoms with Gasteiger partial charge in [-0.1, -0.05) is 35.5 Å². The normalized spacial score (nSPS) is 11.5. The van der Waals surface area contributed by atoms with E-state index in [9.17, 15) is 9.59 Å². The number of amides is 2. The van der Waals surface area contributed by atoms with Gasteiger partial charge in [0.25, 0.3) is 0 Å². The van der Waals surface area contributed by atoms with Gasteiger partial charge in [0, 0.05) is 0 Å². The standard InChI is InChI=1S/C22H23N3O5/c1-14-19(15(2)30-25-14)13-28-21(26)12-20(24-22(23)27)16-7-6-10-18(11-16)29-17-8-4-3-5-9-17/h3-11,20H,12-13H2,1-2H3,(H3,23,24,27)/t20-/m0/s1. The molecule has 0 aliphatic carbocycles. The SMILES string of the molecule is Cc1noc(C)c1COC(=O)C[C@H](NC(N)=O)c1cccc(Oc2ccccc2)c1. The number of ether oxygens (including phenoxy) is 2. The summed E-state index contributed by atoms with van der Waals surface area (Å²) < 4.78 is 16.2. The number of rotatable bonds is 8. The Hall–Kier alpha value is -3.81. The van der Waals surface area contributed by atoms with Crippen LogP contribution < -0.4 is 15.8 Å². The van der Waals surface area contributed by atoms with Gasteiger partial charge in [0.1, 0.15) is 23.9 Å². The number of nitrogens with zero attached hydrogens (tertiary/aromatic N) is 1. The van der Waals surface area contributed by atoms with Crippen molar-refractivity contribution in [3.05, 3.63) is 77.2 Å². The number of benzene rings is 2. The van der Waals surface area contributed by atoms with Gasteiger partial charge >= 0.3 is 12.0 Å². The van der Waals surface area contributed by atoms with Crippen molar-refractivity contribution in [3.63, 3.8) is 0 Å². The van der Waals surface area contributed by atoms with E-state index >= 15 is 0 Å². The average Bonchev–Trinajstić information content (AvgIpc) is 3.04. The number of para-hydroxylation sites is 1. The van der Waals surface area contributed by atoms with Gasteiger partial charge in [0.2, 0.25) is 0 Å². The van der Waals surface area contributed by atoms with E-state index in [1.165, 1.54) is 0 Å². The highest BCUT2D eigenvalue weighted by atomic mass is 16.5. The summed E-state index contributed by atoms with van der Waals surface area (Å²) in [5.74, 6) is 1.34. The lowest BCUT2D eigenvalue weighted by Crippen LogP contribution is -2.34. The molecular formula is C22H23N3O5. The summed E-state index contributed by atoms with van der Waals surface area (Å²) in [6, 6.07) is 15.0. The third-order valence-electron chi connectivity index (χ3n) is 4.49. The maximum atomic E-state index is 12.4. The van der Waals surface area contributed by atoms with E-state index in [0.717, 1.165) is 5.56 Å². The van der Waals surface area contributed by atoms with Crippen LogP contribution in [0, 0.1) is 13.8 Å². The second-order valence-electron chi connectivity index (χ2n) is 6.72. The average molecular weight is 409 g/mol. The molecule has 1 atom stereocenters. The third kappa shape index (κ3) is 5.60. The van der Waals surface area contributed by atoms with Crippen LogP contribution in [-0.2, 0) is 16.1 Å². The Bertz CT molecular complexity index is 997. The van der Waals surface area contributed by atoms with E-state index in [0.29, 0.717) is 28.5 Å². The molecule has 3 rings (SSSR count). The number of esters is 1. The van der Waals surface area contributed by atoms with Crippen molar-refractivity contribution < 1.29 is 23.6 Å². The zero-order valence-corrected chi connectivity index (χ0v) is 16.8. The molecule has 3 N–H and O–H groups in total. The van der Waals surface area contributed by atoms with E-state index in [1.807, 2.05) is 30.3 Å². The fourth-order valence-electron chi connectivity index (χ4n) is 2.93. The zero-order valence-electron chi connectivity index (χ0n) is 16.8. The Labute approximate surface area is 174 Å². The molecule has 1 heterocycles. The highest BCUT2D eigenvalue weighted by Gasteiger charge is 2.20. The number of hydrogen-bond acceptors (Lipinski definition) is 6. The van der Waals surface area contributed by atoms with Crippen LogP contribution in [0.15, 0.2) is 59.1 Å². The molecule has 0 bridgehead atoms. The smallest absolute Gasteiger partial charge is 0.312 e. The van der Waals surface area contributed by atoms with E-state index in [1.54, 1.807) is 38.1 Å². The molecule has 0 unspecified atom stereocenters. The van der Waals surface area contributed by atoms with Gasteiger partial charge in [0.05, 0.1) is 23.7 Å². The Balaban J connectivity index is 1.70. The summed E-state index contributed by atoms with van der Waals surface area (Å²) in [5.41, 5.74) is 7.36. The number of carbonyl (C=O) groups excluding carboxylic acids is 2. The zero-order chi connectivity index (χ0) is 21.5. The van der Waals surface area contributed by atoms with E-state index in [4.69, 9.17) is 19.7 Å².